The zero-order valence-corrected chi connectivity index (χ0v) is 7.65. The molecule has 0 heterocycles. The second kappa shape index (κ2) is 4.10. The van der Waals surface area contributed by atoms with Gasteiger partial charge in [-0.2, -0.15) is 0 Å². The van der Waals surface area contributed by atoms with Crippen LogP contribution in [0.1, 0.15) is 6.92 Å². The minimum absolute atomic E-state index is 0.189. The molecule has 0 spiro atoms. The van der Waals surface area contributed by atoms with Gasteiger partial charge in [-0.15, -0.1) is 0 Å². The summed E-state index contributed by atoms with van der Waals surface area (Å²) >= 11 is 0. The van der Waals surface area contributed by atoms with E-state index in [1.807, 2.05) is 0 Å². The second-order valence-corrected chi connectivity index (χ2v) is 2.94. The Bertz CT molecular complexity index is 267. The van der Waals surface area contributed by atoms with Crippen molar-refractivity contribution in [2.45, 2.75) is 18.7 Å². The van der Waals surface area contributed by atoms with Gasteiger partial charge >= 0.3 is 7.12 Å². The van der Waals surface area contributed by atoms with Gasteiger partial charge in [0.15, 0.2) is 11.7 Å². The highest BCUT2D eigenvalue weighted by Gasteiger charge is 2.49. The molecule has 0 fully saturated rings. The summed E-state index contributed by atoms with van der Waals surface area (Å²) in [5.41, 5.74) is -2.78. The monoisotopic (exact) mass is 204 g/mol. The molecule has 0 aliphatic heterocycles. The maximum atomic E-state index is 13.4. The van der Waals surface area contributed by atoms with Gasteiger partial charge in [-0.3, -0.25) is 0 Å². The lowest BCUT2D eigenvalue weighted by molar-refractivity contribution is 0.145. The summed E-state index contributed by atoms with van der Waals surface area (Å²) in [6.07, 6.45) is 0.698. The Morgan fingerprint density at radius 1 is 1.64 bits per heavy atom. The third-order valence-corrected chi connectivity index (χ3v) is 1.94. The van der Waals surface area contributed by atoms with Crippen LogP contribution in [-0.4, -0.2) is 35.5 Å². The van der Waals surface area contributed by atoms with Crippen molar-refractivity contribution in [1.82, 2.24) is 0 Å². The van der Waals surface area contributed by atoms with Crippen LogP contribution in [0.2, 0.25) is 0 Å². The van der Waals surface area contributed by atoms with Gasteiger partial charge in [0.1, 0.15) is 5.76 Å². The first-order valence-corrected chi connectivity index (χ1v) is 4.23. The van der Waals surface area contributed by atoms with Crippen molar-refractivity contribution in [1.29, 1.82) is 0 Å². The Labute approximate surface area is 80.8 Å². The van der Waals surface area contributed by atoms with Crippen LogP contribution in [0.5, 0.6) is 0 Å². The molecule has 6 heteroatoms. The molecule has 0 saturated heterocycles. The van der Waals surface area contributed by atoms with Crippen LogP contribution in [0.3, 0.4) is 0 Å². The summed E-state index contributed by atoms with van der Waals surface area (Å²) in [4.78, 5) is 0. The smallest absolute Gasteiger partial charge is 0.494 e. The number of allylic oxidation sites excluding steroid dienone is 3. The van der Waals surface area contributed by atoms with Crippen molar-refractivity contribution >= 4 is 7.12 Å². The number of ether oxygens (including phenoxy) is 1. The lowest BCUT2D eigenvalue weighted by Gasteiger charge is -2.26. The van der Waals surface area contributed by atoms with Gasteiger partial charge in [-0.1, -0.05) is 0 Å². The highest BCUT2D eigenvalue weighted by atomic mass is 19.2. The van der Waals surface area contributed by atoms with E-state index in [9.17, 15) is 8.78 Å². The largest absolute Gasteiger partial charge is 0.499 e. The van der Waals surface area contributed by atoms with Crippen molar-refractivity contribution in [2.24, 2.45) is 0 Å². The summed E-state index contributed by atoms with van der Waals surface area (Å²) in [5, 5.41) is 17.3. The summed E-state index contributed by atoms with van der Waals surface area (Å²) in [6.45, 7) is 2.05. The third-order valence-electron chi connectivity index (χ3n) is 1.94. The van der Waals surface area contributed by atoms with E-state index in [0.717, 1.165) is 12.2 Å². The van der Waals surface area contributed by atoms with E-state index in [1.54, 1.807) is 6.92 Å². The molecule has 2 atom stereocenters. The molecule has 2 unspecified atom stereocenters. The van der Waals surface area contributed by atoms with Crippen molar-refractivity contribution in [3.8, 4) is 0 Å². The van der Waals surface area contributed by atoms with E-state index in [0.29, 0.717) is 6.61 Å². The first-order valence-electron chi connectivity index (χ1n) is 4.23. The Balaban J connectivity index is 2.80. The van der Waals surface area contributed by atoms with Gasteiger partial charge in [-0.05, 0) is 25.2 Å². The highest BCUT2D eigenvalue weighted by molar-refractivity contribution is 6.46. The fraction of sp³-hybridized carbons (Fsp3) is 0.500. The van der Waals surface area contributed by atoms with Crippen LogP contribution >= 0.6 is 0 Å². The minimum atomic E-state index is -2.78. The zero-order valence-electron chi connectivity index (χ0n) is 7.65. The molecule has 0 radical (unpaired) electrons. The molecular formula is C8H11BF2O3. The predicted octanol–water partition coefficient (Wildman–Crippen LogP) is 0.535. The summed E-state index contributed by atoms with van der Waals surface area (Å²) in [7, 11) is -2.38. The van der Waals surface area contributed by atoms with Gasteiger partial charge in [0.25, 0.3) is 0 Å². The Morgan fingerprint density at radius 2 is 2.29 bits per heavy atom. The van der Waals surface area contributed by atoms with Crippen LogP contribution in [0.25, 0.3) is 0 Å². The predicted molar refractivity (Wildman–Crippen MR) is 47.8 cm³/mol. The lowest BCUT2D eigenvalue weighted by atomic mass is 9.65. The summed E-state index contributed by atoms with van der Waals surface area (Å²) < 4.78 is 31.5. The first kappa shape index (κ1) is 11.2. The maximum Gasteiger partial charge on any atom is 0.499 e. The molecular weight excluding hydrogens is 193 g/mol. The molecule has 3 nitrogen and oxygen atoms in total. The van der Waals surface area contributed by atoms with Crippen molar-refractivity contribution in [3.05, 3.63) is 24.0 Å². The van der Waals surface area contributed by atoms with Crippen molar-refractivity contribution in [3.63, 3.8) is 0 Å². The van der Waals surface area contributed by atoms with Gasteiger partial charge in [0.05, 0.1) is 6.61 Å². The quantitative estimate of drug-likeness (QED) is 0.659. The Hall–Kier alpha value is -0.875. The van der Waals surface area contributed by atoms with Gasteiger partial charge in [-0.25, -0.2) is 8.78 Å². The molecule has 0 aromatic rings. The highest BCUT2D eigenvalue weighted by Crippen LogP contribution is 2.29. The zero-order chi connectivity index (χ0) is 10.8. The molecule has 0 bridgehead atoms. The molecule has 78 valence electrons. The molecule has 0 saturated carbocycles. The standard InChI is InChI=1S/C8H11BF2O3/c1-2-14-6-3-4-8(11,9(12)13)7(10)5-6/h3-5,7,12-13H,2H2,1H3. The van der Waals surface area contributed by atoms with Crippen LogP contribution in [0, 0.1) is 0 Å². The second-order valence-electron chi connectivity index (χ2n) is 2.94. The van der Waals surface area contributed by atoms with Crippen LogP contribution < -0.4 is 0 Å². The van der Waals surface area contributed by atoms with E-state index in [1.165, 1.54) is 6.08 Å². The number of halogens is 2. The number of hydrogen-bond acceptors (Lipinski definition) is 3. The molecule has 0 aromatic heterocycles. The number of alkyl halides is 2. The molecule has 1 aliphatic carbocycles. The SMILES string of the molecule is CCOC1=CC(F)C(F)(B(O)O)C=C1. The van der Waals surface area contributed by atoms with Gasteiger partial charge in [0.2, 0.25) is 0 Å². The Kier molecular flexibility index (Phi) is 3.28. The topological polar surface area (TPSA) is 49.7 Å². The fourth-order valence-electron chi connectivity index (χ4n) is 1.12. The Morgan fingerprint density at radius 3 is 2.71 bits per heavy atom. The van der Waals surface area contributed by atoms with Crippen LogP contribution in [-0.2, 0) is 4.74 Å². The van der Waals surface area contributed by atoms with E-state index < -0.39 is 18.9 Å². The molecule has 0 amide bonds. The van der Waals surface area contributed by atoms with Crippen molar-refractivity contribution in [2.75, 3.05) is 6.61 Å². The maximum absolute atomic E-state index is 13.4. The molecule has 14 heavy (non-hydrogen) atoms. The fourth-order valence-corrected chi connectivity index (χ4v) is 1.12. The van der Waals surface area contributed by atoms with Crippen LogP contribution in [0.4, 0.5) is 8.78 Å². The van der Waals surface area contributed by atoms with E-state index in [2.05, 4.69) is 0 Å². The van der Waals surface area contributed by atoms with Crippen LogP contribution in [0.15, 0.2) is 24.0 Å². The minimum Gasteiger partial charge on any atom is -0.494 e. The molecule has 0 aromatic carbocycles. The lowest BCUT2D eigenvalue weighted by Crippen LogP contribution is -2.49. The first-order chi connectivity index (χ1) is 6.50. The summed E-state index contributed by atoms with van der Waals surface area (Å²) in [6, 6.07) is 0. The van der Waals surface area contributed by atoms with Crippen molar-refractivity contribution < 1.29 is 23.6 Å². The average Bonchev–Trinajstić information content (AvgIpc) is 2.12. The average molecular weight is 204 g/mol. The molecule has 2 N–H and O–H groups in total. The van der Waals surface area contributed by atoms with Gasteiger partial charge < -0.3 is 14.8 Å². The summed E-state index contributed by atoms with van der Waals surface area (Å²) in [5.74, 6) is 0.189. The normalized spacial score (nSPS) is 31.2. The van der Waals surface area contributed by atoms with E-state index in [-0.39, 0.29) is 5.76 Å². The van der Waals surface area contributed by atoms with Gasteiger partial charge in [0, 0.05) is 0 Å². The molecule has 1 aliphatic rings. The number of hydrogen-bond donors (Lipinski definition) is 2. The van der Waals surface area contributed by atoms with E-state index >= 15 is 0 Å². The van der Waals surface area contributed by atoms with E-state index in [4.69, 9.17) is 14.8 Å². The number of rotatable bonds is 3. The third kappa shape index (κ3) is 1.96. The molecule has 1 rings (SSSR count).